The molecule has 0 aliphatic heterocycles. The third-order valence-electron chi connectivity index (χ3n) is 4.22. The fraction of sp³-hybridized carbons (Fsp3) is 0.438. The van der Waals surface area contributed by atoms with Crippen molar-refractivity contribution in [3.8, 4) is 5.75 Å². The van der Waals surface area contributed by atoms with Crippen LogP contribution in [0.5, 0.6) is 5.75 Å². The van der Waals surface area contributed by atoms with E-state index in [1.807, 2.05) is 24.3 Å². The monoisotopic (exact) mass is 272 g/mol. The molecule has 0 unspecified atom stereocenters. The summed E-state index contributed by atoms with van der Waals surface area (Å²) in [5.74, 6) is 1.69. The molecule has 4 nitrogen and oxygen atoms in total. The molecule has 0 saturated heterocycles. The maximum absolute atomic E-state index is 9.72. The van der Waals surface area contributed by atoms with Crippen LogP contribution in [0.25, 0.3) is 10.8 Å². The molecular weight excluding hydrogens is 252 g/mol. The normalized spacial score (nSPS) is 17.3. The third-order valence-corrected chi connectivity index (χ3v) is 4.22. The van der Waals surface area contributed by atoms with E-state index >= 15 is 0 Å². The van der Waals surface area contributed by atoms with Crippen molar-refractivity contribution in [2.75, 3.05) is 19.0 Å². The van der Waals surface area contributed by atoms with Crippen LogP contribution < -0.4 is 10.1 Å². The first-order chi connectivity index (χ1) is 9.76. The SMILES string of the molecule is COc1ccc2c(NC3(CO)CCCC3)nccc2c1. The van der Waals surface area contributed by atoms with Gasteiger partial charge in [-0.15, -0.1) is 0 Å². The standard InChI is InChI=1S/C16H20N2O2/c1-20-13-4-5-14-12(10-13)6-9-17-15(14)18-16(11-19)7-2-3-8-16/h4-6,9-10,19H,2-3,7-8,11H2,1H3,(H,17,18). The lowest BCUT2D eigenvalue weighted by Gasteiger charge is -2.29. The maximum atomic E-state index is 9.72. The molecule has 106 valence electrons. The topological polar surface area (TPSA) is 54.4 Å². The van der Waals surface area contributed by atoms with Gasteiger partial charge in [-0.3, -0.25) is 0 Å². The van der Waals surface area contributed by atoms with Gasteiger partial charge in [0.25, 0.3) is 0 Å². The van der Waals surface area contributed by atoms with E-state index < -0.39 is 0 Å². The van der Waals surface area contributed by atoms with Crippen LogP contribution in [0.3, 0.4) is 0 Å². The van der Waals surface area contributed by atoms with Gasteiger partial charge in [0.1, 0.15) is 11.6 Å². The van der Waals surface area contributed by atoms with Crippen LogP contribution in [-0.2, 0) is 0 Å². The van der Waals surface area contributed by atoms with Crippen molar-refractivity contribution >= 4 is 16.6 Å². The second-order valence-corrected chi connectivity index (χ2v) is 5.52. The highest BCUT2D eigenvalue weighted by Crippen LogP contribution is 2.34. The first-order valence-corrected chi connectivity index (χ1v) is 7.08. The number of hydrogen-bond donors (Lipinski definition) is 2. The van der Waals surface area contributed by atoms with Gasteiger partial charge in [-0.25, -0.2) is 4.98 Å². The third kappa shape index (κ3) is 2.31. The number of nitrogens with zero attached hydrogens (tertiary/aromatic N) is 1. The zero-order valence-electron chi connectivity index (χ0n) is 11.7. The van der Waals surface area contributed by atoms with Crippen molar-refractivity contribution < 1.29 is 9.84 Å². The largest absolute Gasteiger partial charge is 0.497 e. The molecule has 1 aliphatic carbocycles. The Bertz CT molecular complexity index is 606. The van der Waals surface area contributed by atoms with E-state index in [-0.39, 0.29) is 12.1 Å². The van der Waals surface area contributed by atoms with E-state index in [9.17, 15) is 5.11 Å². The molecule has 1 fully saturated rings. The summed E-state index contributed by atoms with van der Waals surface area (Å²) in [6.07, 6.45) is 6.11. The second kappa shape index (κ2) is 5.29. The zero-order chi connectivity index (χ0) is 14.0. The summed E-state index contributed by atoms with van der Waals surface area (Å²) in [7, 11) is 1.67. The van der Waals surface area contributed by atoms with Crippen molar-refractivity contribution in [1.82, 2.24) is 4.98 Å². The molecule has 0 atom stereocenters. The van der Waals surface area contributed by atoms with Gasteiger partial charge in [0.2, 0.25) is 0 Å². The molecular formula is C16H20N2O2. The summed E-state index contributed by atoms with van der Waals surface area (Å²) in [5, 5.41) is 15.4. The Morgan fingerprint density at radius 1 is 1.30 bits per heavy atom. The Morgan fingerprint density at radius 2 is 2.10 bits per heavy atom. The summed E-state index contributed by atoms with van der Waals surface area (Å²) in [5.41, 5.74) is -0.207. The van der Waals surface area contributed by atoms with Gasteiger partial charge in [-0.05, 0) is 42.5 Å². The lowest BCUT2D eigenvalue weighted by Crippen LogP contribution is -2.39. The molecule has 2 N–H and O–H groups in total. The number of anilines is 1. The van der Waals surface area contributed by atoms with Crippen LogP contribution in [0.1, 0.15) is 25.7 Å². The molecule has 1 aromatic carbocycles. The van der Waals surface area contributed by atoms with E-state index in [1.165, 1.54) is 0 Å². The Hall–Kier alpha value is -1.81. The first-order valence-electron chi connectivity index (χ1n) is 7.08. The van der Waals surface area contributed by atoms with Crippen LogP contribution in [0, 0.1) is 0 Å². The Kier molecular flexibility index (Phi) is 3.49. The van der Waals surface area contributed by atoms with Crippen LogP contribution in [0.15, 0.2) is 30.5 Å². The highest BCUT2D eigenvalue weighted by Gasteiger charge is 2.33. The predicted molar refractivity (Wildman–Crippen MR) is 80.2 cm³/mol. The number of fused-ring (bicyclic) bond motifs is 1. The fourth-order valence-electron chi connectivity index (χ4n) is 3.01. The van der Waals surface area contributed by atoms with Gasteiger partial charge in [0.05, 0.1) is 19.3 Å². The maximum Gasteiger partial charge on any atom is 0.134 e. The molecule has 20 heavy (non-hydrogen) atoms. The highest BCUT2D eigenvalue weighted by atomic mass is 16.5. The smallest absolute Gasteiger partial charge is 0.134 e. The highest BCUT2D eigenvalue weighted by molar-refractivity contribution is 5.92. The predicted octanol–water partition coefficient (Wildman–Crippen LogP) is 2.96. The zero-order valence-corrected chi connectivity index (χ0v) is 11.7. The fourth-order valence-corrected chi connectivity index (χ4v) is 3.01. The summed E-state index contributed by atoms with van der Waals surface area (Å²) < 4.78 is 5.26. The average Bonchev–Trinajstić information content (AvgIpc) is 2.96. The van der Waals surface area contributed by atoms with E-state index in [1.54, 1.807) is 13.3 Å². The van der Waals surface area contributed by atoms with Crippen molar-refractivity contribution in [2.24, 2.45) is 0 Å². The molecule has 0 amide bonds. The Balaban J connectivity index is 1.99. The summed E-state index contributed by atoms with van der Waals surface area (Å²) in [6, 6.07) is 7.94. The van der Waals surface area contributed by atoms with Crippen LogP contribution in [-0.4, -0.2) is 29.3 Å². The molecule has 0 radical (unpaired) electrons. The molecule has 0 spiro atoms. The van der Waals surface area contributed by atoms with E-state index in [4.69, 9.17) is 4.74 Å². The number of pyridine rings is 1. The van der Waals surface area contributed by atoms with Gasteiger partial charge >= 0.3 is 0 Å². The molecule has 3 rings (SSSR count). The van der Waals surface area contributed by atoms with E-state index in [2.05, 4.69) is 10.3 Å². The quantitative estimate of drug-likeness (QED) is 0.898. The van der Waals surface area contributed by atoms with Crippen LogP contribution in [0.2, 0.25) is 0 Å². The second-order valence-electron chi connectivity index (χ2n) is 5.52. The number of nitrogens with one attached hydrogen (secondary N) is 1. The Morgan fingerprint density at radius 3 is 2.80 bits per heavy atom. The van der Waals surface area contributed by atoms with Crippen molar-refractivity contribution in [1.29, 1.82) is 0 Å². The minimum Gasteiger partial charge on any atom is -0.497 e. The van der Waals surface area contributed by atoms with Crippen LogP contribution in [0.4, 0.5) is 5.82 Å². The van der Waals surface area contributed by atoms with Crippen molar-refractivity contribution in [2.45, 2.75) is 31.2 Å². The average molecular weight is 272 g/mol. The minimum absolute atomic E-state index is 0.154. The van der Waals surface area contributed by atoms with Gasteiger partial charge < -0.3 is 15.2 Å². The first kappa shape index (κ1) is 13.2. The number of benzene rings is 1. The minimum atomic E-state index is -0.207. The summed E-state index contributed by atoms with van der Waals surface area (Å²) in [6.45, 7) is 0.154. The molecule has 2 aromatic rings. The van der Waals surface area contributed by atoms with Crippen LogP contribution >= 0.6 is 0 Å². The molecule has 1 saturated carbocycles. The molecule has 1 aromatic heterocycles. The number of methoxy groups -OCH3 is 1. The number of aromatic nitrogens is 1. The number of hydrogen-bond acceptors (Lipinski definition) is 4. The molecule has 1 aliphatic rings. The van der Waals surface area contributed by atoms with Gasteiger partial charge in [0, 0.05) is 11.6 Å². The van der Waals surface area contributed by atoms with Gasteiger partial charge in [0.15, 0.2) is 0 Å². The lowest BCUT2D eigenvalue weighted by molar-refractivity contribution is 0.214. The lowest BCUT2D eigenvalue weighted by atomic mass is 9.98. The molecule has 1 heterocycles. The number of ether oxygens (including phenoxy) is 1. The number of aliphatic hydroxyl groups excluding tert-OH is 1. The van der Waals surface area contributed by atoms with Crippen molar-refractivity contribution in [3.63, 3.8) is 0 Å². The number of aliphatic hydroxyl groups is 1. The van der Waals surface area contributed by atoms with E-state index in [0.717, 1.165) is 48.0 Å². The summed E-state index contributed by atoms with van der Waals surface area (Å²) in [4.78, 5) is 4.46. The molecule has 0 bridgehead atoms. The van der Waals surface area contributed by atoms with E-state index in [0.29, 0.717) is 0 Å². The van der Waals surface area contributed by atoms with Gasteiger partial charge in [-0.1, -0.05) is 12.8 Å². The molecule has 4 heteroatoms. The van der Waals surface area contributed by atoms with Gasteiger partial charge in [-0.2, -0.15) is 0 Å². The Labute approximate surface area is 118 Å². The van der Waals surface area contributed by atoms with Crippen molar-refractivity contribution in [3.05, 3.63) is 30.5 Å². The number of rotatable bonds is 4. The summed E-state index contributed by atoms with van der Waals surface area (Å²) >= 11 is 0.